The van der Waals surface area contributed by atoms with Gasteiger partial charge in [-0.2, -0.15) is 0 Å². The van der Waals surface area contributed by atoms with Crippen LogP contribution in [0.1, 0.15) is 5.56 Å². The SMILES string of the molecule is Cc1ccc2c(-c3c4ccccc4c(N(c4ccccc4)c4ccc(-n5c6ccccc6c6ccccc65)cc4)c4ccccc34)c3ccccc3c(-c3ccccc3-c3ccccc3)c2c1. The van der Waals surface area contributed by atoms with E-state index in [1.165, 1.54) is 104 Å². The summed E-state index contributed by atoms with van der Waals surface area (Å²) in [4.78, 5) is 2.47. The number of rotatable bonds is 7. The molecule has 12 aromatic carbocycles. The smallest absolute Gasteiger partial charge is 0.0618 e. The van der Waals surface area contributed by atoms with Gasteiger partial charge in [0.1, 0.15) is 0 Å². The third-order valence-corrected chi connectivity index (χ3v) is 13.8. The zero-order chi connectivity index (χ0) is 44.4. The molecule has 0 aliphatic heterocycles. The summed E-state index contributed by atoms with van der Waals surface area (Å²) < 4.78 is 2.39. The average Bonchev–Trinajstić information content (AvgIpc) is 3.73. The van der Waals surface area contributed by atoms with Crippen molar-refractivity contribution in [3.05, 3.63) is 254 Å². The summed E-state index contributed by atoms with van der Waals surface area (Å²) in [6.07, 6.45) is 0. The number of hydrogen-bond donors (Lipinski definition) is 0. The van der Waals surface area contributed by atoms with Crippen LogP contribution in [0.3, 0.4) is 0 Å². The van der Waals surface area contributed by atoms with Gasteiger partial charge in [0.25, 0.3) is 0 Å². The van der Waals surface area contributed by atoms with Crippen molar-refractivity contribution in [2.75, 3.05) is 4.90 Å². The molecule has 2 heteroatoms. The van der Waals surface area contributed by atoms with Gasteiger partial charge in [-0.05, 0) is 121 Å². The van der Waals surface area contributed by atoms with Gasteiger partial charge in [0.05, 0.1) is 16.7 Å². The molecule has 0 saturated carbocycles. The minimum atomic E-state index is 1.09. The molecule has 0 aliphatic rings. The maximum Gasteiger partial charge on any atom is 0.0618 e. The van der Waals surface area contributed by atoms with Crippen molar-refractivity contribution in [1.82, 2.24) is 4.57 Å². The van der Waals surface area contributed by atoms with Crippen LogP contribution in [-0.4, -0.2) is 4.57 Å². The number of nitrogens with zero attached hydrogens (tertiary/aromatic N) is 2. The zero-order valence-electron chi connectivity index (χ0n) is 37.1. The summed E-state index contributed by atoms with van der Waals surface area (Å²) in [5, 5.41) is 12.3. The molecule has 0 atom stereocenters. The van der Waals surface area contributed by atoms with E-state index in [-0.39, 0.29) is 0 Å². The molecule has 13 aromatic rings. The fourth-order valence-electron chi connectivity index (χ4n) is 11.0. The first-order valence-electron chi connectivity index (χ1n) is 23.2. The molecular weight excluding hydrogens is 809 g/mol. The Morgan fingerprint density at radius 2 is 0.716 bits per heavy atom. The molecule has 0 amide bonds. The van der Waals surface area contributed by atoms with Crippen molar-refractivity contribution in [3.63, 3.8) is 0 Å². The van der Waals surface area contributed by atoms with Crippen LogP contribution in [0.4, 0.5) is 17.1 Å². The Hall–Kier alpha value is -8.72. The van der Waals surface area contributed by atoms with Crippen molar-refractivity contribution in [3.8, 4) is 39.1 Å². The Morgan fingerprint density at radius 1 is 0.299 bits per heavy atom. The van der Waals surface area contributed by atoms with Crippen molar-refractivity contribution in [2.45, 2.75) is 6.92 Å². The summed E-state index contributed by atoms with van der Waals surface area (Å²) in [5.41, 5.74) is 15.6. The Bertz CT molecular complexity index is 3920. The van der Waals surface area contributed by atoms with Crippen LogP contribution in [0.25, 0.3) is 104 Å². The first-order chi connectivity index (χ1) is 33.2. The second-order valence-corrected chi connectivity index (χ2v) is 17.6. The number of para-hydroxylation sites is 3. The second-order valence-electron chi connectivity index (χ2n) is 17.6. The van der Waals surface area contributed by atoms with Gasteiger partial charge in [0, 0.05) is 38.6 Å². The van der Waals surface area contributed by atoms with E-state index in [4.69, 9.17) is 0 Å². The Balaban J connectivity index is 1.08. The molecule has 314 valence electrons. The lowest BCUT2D eigenvalue weighted by molar-refractivity contribution is 1.17. The normalized spacial score (nSPS) is 11.7. The van der Waals surface area contributed by atoms with Gasteiger partial charge < -0.3 is 9.47 Å². The van der Waals surface area contributed by atoms with E-state index < -0.39 is 0 Å². The molecule has 0 fully saturated rings. The molecule has 0 radical (unpaired) electrons. The van der Waals surface area contributed by atoms with Crippen molar-refractivity contribution in [1.29, 1.82) is 0 Å². The van der Waals surface area contributed by atoms with Gasteiger partial charge in [0.2, 0.25) is 0 Å². The van der Waals surface area contributed by atoms with E-state index in [1.54, 1.807) is 0 Å². The average molecular weight is 853 g/mol. The minimum absolute atomic E-state index is 1.09. The molecule has 0 saturated heterocycles. The molecule has 1 aromatic heterocycles. The largest absolute Gasteiger partial charge is 0.309 e. The van der Waals surface area contributed by atoms with E-state index in [9.17, 15) is 0 Å². The molecule has 0 spiro atoms. The highest BCUT2D eigenvalue weighted by Crippen LogP contribution is 2.53. The second kappa shape index (κ2) is 15.8. The first kappa shape index (κ1) is 38.7. The van der Waals surface area contributed by atoms with Crippen LogP contribution in [0.2, 0.25) is 0 Å². The van der Waals surface area contributed by atoms with Crippen LogP contribution in [0, 0.1) is 6.92 Å². The lowest BCUT2D eigenvalue weighted by Crippen LogP contribution is -2.11. The molecule has 0 aliphatic carbocycles. The highest BCUT2D eigenvalue weighted by Gasteiger charge is 2.26. The Labute approximate surface area is 389 Å². The van der Waals surface area contributed by atoms with Gasteiger partial charge in [-0.25, -0.2) is 0 Å². The molecule has 67 heavy (non-hydrogen) atoms. The quantitative estimate of drug-likeness (QED) is 0.145. The molecule has 1 heterocycles. The van der Waals surface area contributed by atoms with E-state index in [0.717, 1.165) is 22.7 Å². The number of aryl methyl sites for hydroxylation is 1. The van der Waals surface area contributed by atoms with Crippen LogP contribution in [-0.2, 0) is 0 Å². The predicted octanol–water partition coefficient (Wildman–Crippen LogP) is 18.2. The lowest BCUT2D eigenvalue weighted by Gasteiger charge is -2.30. The summed E-state index contributed by atoms with van der Waals surface area (Å²) in [6.45, 7) is 2.22. The van der Waals surface area contributed by atoms with Gasteiger partial charge in [-0.1, -0.05) is 206 Å². The molecule has 0 N–H and O–H groups in total. The van der Waals surface area contributed by atoms with Gasteiger partial charge in [-0.15, -0.1) is 0 Å². The van der Waals surface area contributed by atoms with Crippen molar-refractivity contribution >= 4 is 82.0 Å². The maximum atomic E-state index is 2.47. The number of anilines is 3. The molecule has 0 unspecified atom stereocenters. The summed E-state index contributed by atoms with van der Waals surface area (Å²) in [5.74, 6) is 0. The van der Waals surface area contributed by atoms with E-state index in [2.05, 4.69) is 265 Å². The van der Waals surface area contributed by atoms with Crippen LogP contribution in [0.5, 0.6) is 0 Å². The topological polar surface area (TPSA) is 8.17 Å². The van der Waals surface area contributed by atoms with Crippen LogP contribution in [0.15, 0.2) is 249 Å². The number of benzene rings is 12. The third kappa shape index (κ3) is 6.18. The minimum Gasteiger partial charge on any atom is -0.309 e. The van der Waals surface area contributed by atoms with E-state index in [1.807, 2.05) is 0 Å². The van der Waals surface area contributed by atoms with Crippen LogP contribution >= 0.6 is 0 Å². The standard InChI is InChI=1S/C65H44N2/c1-43-36-41-56-59(42-43)62(51-27-9-8-24-48(51)44-20-4-2-5-21-44)52-28-10-11-29-53(52)63(56)64-54-30-12-14-32-57(54)65(58-33-15-13-31-55(58)64)66(45-22-6-3-7-23-45)46-37-39-47(40-38-46)67-60-34-18-16-25-49(60)50-26-17-19-35-61(50)67/h2-42H,1H3. The Kier molecular flexibility index (Phi) is 9.11. The molecule has 2 nitrogen and oxygen atoms in total. The maximum absolute atomic E-state index is 2.47. The van der Waals surface area contributed by atoms with Gasteiger partial charge >= 0.3 is 0 Å². The van der Waals surface area contributed by atoms with E-state index >= 15 is 0 Å². The van der Waals surface area contributed by atoms with Crippen LogP contribution < -0.4 is 4.90 Å². The monoisotopic (exact) mass is 852 g/mol. The highest BCUT2D eigenvalue weighted by atomic mass is 15.1. The summed E-state index contributed by atoms with van der Waals surface area (Å²) >= 11 is 0. The third-order valence-electron chi connectivity index (χ3n) is 13.8. The molecule has 13 rings (SSSR count). The fourth-order valence-corrected chi connectivity index (χ4v) is 11.0. The number of aromatic nitrogens is 1. The lowest BCUT2D eigenvalue weighted by atomic mass is 9.81. The summed E-state index contributed by atoms with van der Waals surface area (Å²) in [7, 11) is 0. The zero-order valence-corrected chi connectivity index (χ0v) is 37.1. The van der Waals surface area contributed by atoms with Crippen molar-refractivity contribution < 1.29 is 0 Å². The Morgan fingerprint density at radius 3 is 1.30 bits per heavy atom. The molecule has 0 bridgehead atoms. The van der Waals surface area contributed by atoms with Crippen molar-refractivity contribution in [2.24, 2.45) is 0 Å². The predicted molar refractivity (Wildman–Crippen MR) is 287 cm³/mol. The summed E-state index contributed by atoms with van der Waals surface area (Å²) in [6, 6.07) is 91.4. The van der Waals surface area contributed by atoms with E-state index in [0.29, 0.717) is 0 Å². The highest BCUT2D eigenvalue weighted by molar-refractivity contribution is 6.30. The first-order valence-corrected chi connectivity index (χ1v) is 23.2. The number of hydrogen-bond acceptors (Lipinski definition) is 1. The van der Waals surface area contributed by atoms with Gasteiger partial charge in [0.15, 0.2) is 0 Å². The fraction of sp³-hybridized carbons (Fsp3) is 0.0154. The molecular formula is C65H44N2. The van der Waals surface area contributed by atoms with Gasteiger partial charge in [-0.3, -0.25) is 0 Å². The number of fused-ring (bicyclic) bond motifs is 7.